The van der Waals surface area contributed by atoms with E-state index in [9.17, 15) is 19.5 Å². The zero-order chi connectivity index (χ0) is 24.8. The lowest BCUT2D eigenvalue weighted by Gasteiger charge is -2.18. The van der Waals surface area contributed by atoms with Crippen molar-refractivity contribution in [2.45, 2.75) is 44.9 Å². The molecule has 186 valence electrons. The summed E-state index contributed by atoms with van der Waals surface area (Å²) in [5.41, 5.74) is 4.73. The van der Waals surface area contributed by atoms with Crippen LogP contribution in [-0.2, 0) is 14.3 Å². The summed E-state index contributed by atoms with van der Waals surface area (Å²) in [6.45, 7) is 2.97. The predicted octanol–water partition coefficient (Wildman–Crippen LogP) is 4.56. The Morgan fingerprint density at radius 2 is 1.66 bits per heavy atom. The van der Waals surface area contributed by atoms with Crippen LogP contribution in [0.2, 0.25) is 0 Å². The third-order valence-electron chi connectivity index (χ3n) is 7.39. The highest BCUT2D eigenvalue weighted by atomic mass is 16.5. The molecule has 3 N–H and O–H groups in total. The average molecular weight is 479 g/mol. The molecule has 0 saturated heterocycles. The van der Waals surface area contributed by atoms with Gasteiger partial charge in [0, 0.05) is 24.9 Å². The first-order valence-corrected chi connectivity index (χ1v) is 12.5. The van der Waals surface area contributed by atoms with Crippen LogP contribution < -0.4 is 10.6 Å². The molecule has 2 aliphatic rings. The highest BCUT2D eigenvalue weighted by Crippen LogP contribution is 2.44. The molecule has 1 fully saturated rings. The van der Waals surface area contributed by atoms with E-state index in [1.807, 2.05) is 31.2 Å². The second kappa shape index (κ2) is 11.4. The lowest BCUT2D eigenvalue weighted by atomic mass is 9.96. The molecule has 7 heteroatoms. The van der Waals surface area contributed by atoms with E-state index in [1.165, 1.54) is 22.3 Å². The van der Waals surface area contributed by atoms with Gasteiger partial charge in [-0.1, -0.05) is 61.9 Å². The number of amides is 2. The number of benzene rings is 2. The number of fused-ring (bicyclic) bond motifs is 3. The van der Waals surface area contributed by atoms with E-state index in [0.29, 0.717) is 32.4 Å². The van der Waals surface area contributed by atoms with Crippen LogP contribution in [0.3, 0.4) is 0 Å². The Labute approximate surface area is 206 Å². The van der Waals surface area contributed by atoms with Crippen molar-refractivity contribution in [3.8, 4) is 11.1 Å². The molecular formula is C28H34N2O5. The number of carbonyl (C=O) groups is 3. The van der Waals surface area contributed by atoms with Crippen LogP contribution >= 0.6 is 0 Å². The van der Waals surface area contributed by atoms with E-state index in [1.54, 1.807) is 0 Å². The number of aliphatic carboxylic acids is 1. The van der Waals surface area contributed by atoms with Gasteiger partial charge in [0.2, 0.25) is 5.91 Å². The molecule has 2 amide bonds. The molecule has 1 unspecified atom stereocenters. The molecular weight excluding hydrogens is 444 g/mol. The van der Waals surface area contributed by atoms with Crippen LogP contribution in [0.4, 0.5) is 4.79 Å². The number of nitrogens with one attached hydrogen (secondary N) is 2. The summed E-state index contributed by atoms with van der Waals surface area (Å²) < 4.78 is 5.54. The van der Waals surface area contributed by atoms with Gasteiger partial charge in [-0.25, -0.2) is 4.79 Å². The van der Waals surface area contributed by atoms with Gasteiger partial charge in [0.25, 0.3) is 0 Å². The van der Waals surface area contributed by atoms with Crippen molar-refractivity contribution in [2.75, 3.05) is 19.7 Å². The minimum absolute atomic E-state index is 0.0129. The van der Waals surface area contributed by atoms with Crippen molar-refractivity contribution in [1.29, 1.82) is 0 Å². The maximum atomic E-state index is 12.4. The van der Waals surface area contributed by atoms with Gasteiger partial charge in [-0.15, -0.1) is 0 Å². The quantitative estimate of drug-likeness (QED) is 0.434. The van der Waals surface area contributed by atoms with Crippen LogP contribution in [0, 0.1) is 17.8 Å². The average Bonchev–Trinajstić information content (AvgIpc) is 3.46. The summed E-state index contributed by atoms with van der Waals surface area (Å²) >= 11 is 0. The van der Waals surface area contributed by atoms with Gasteiger partial charge in [-0.05, 0) is 53.9 Å². The van der Waals surface area contributed by atoms with Crippen LogP contribution in [0.15, 0.2) is 48.5 Å². The first kappa shape index (κ1) is 24.8. The zero-order valence-electron chi connectivity index (χ0n) is 20.2. The number of ether oxygens (including phenoxy) is 1. The van der Waals surface area contributed by atoms with Gasteiger partial charge in [0.15, 0.2) is 0 Å². The van der Waals surface area contributed by atoms with Crippen LogP contribution in [0.1, 0.15) is 56.1 Å². The number of carboxylic acid groups (broad SMARTS) is 1. The van der Waals surface area contributed by atoms with Gasteiger partial charge < -0.3 is 20.5 Å². The second-order valence-corrected chi connectivity index (χ2v) is 9.68. The molecule has 4 rings (SSSR count). The minimum Gasteiger partial charge on any atom is -0.481 e. The Morgan fingerprint density at radius 1 is 1.00 bits per heavy atom. The molecule has 0 aliphatic heterocycles. The van der Waals surface area contributed by atoms with E-state index in [-0.39, 0.29) is 36.2 Å². The van der Waals surface area contributed by atoms with E-state index >= 15 is 0 Å². The summed E-state index contributed by atoms with van der Waals surface area (Å²) in [6, 6.07) is 16.4. The highest BCUT2D eigenvalue weighted by Gasteiger charge is 2.33. The Balaban J connectivity index is 1.15. The van der Waals surface area contributed by atoms with Gasteiger partial charge in [-0.2, -0.15) is 0 Å². The lowest BCUT2D eigenvalue weighted by molar-refractivity contribution is -0.143. The number of hydrogen-bond donors (Lipinski definition) is 3. The Morgan fingerprint density at radius 3 is 2.31 bits per heavy atom. The van der Waals surface area contributed by atoms with Gasteiger partial charge >= 0.3 is 12.1 Å². The number of hydrogen-bond acceptors (Lipinski definition) is 4. The van der Waals surface area contributed by atoms with E-state index < -0.39 is 12.1 Å². The van der Waals surface area contributed by atoms with Gasteiger partial charge in [0.05, 0.1) is 5.92 Å². The summed E-state index contributed by atoms with van der Waals surface area (Å²) in [7, 11) is 0. The van der Waals surface area contributed by atoms with Crippen molar-refractivity contribution in [2.24, 2.45) is 17.8 Å². The van der Waals surface area contributed by atoms with Gasteiger partial charge in [0.1, 0.15) is 6.61 Å². The summed E-state index contributed by atoms with van der Waals surface area (Å²) in [5, 5.41) is 15.0. The van der Waals surface area contributed by atoms with E-state index in [2.05, 4.69) is 34.9 Å². The fourth-order valence-electron chi connectivity index (χ4n) is 5.39. The molecule has 2 aromatic carbocycles. The smallest absolute Gasteiger partial charge is 0.407 e. The first-order chi connectivity index (χ1) is 17.0. The summed E-state index contributed by atoms with van der Waals surface area (Å²) in [6.07, 6.45) is 3.25. The molecule has 0 heterocycles. The molecule has 0 aromatic heterocycles. The number of rotatable bonds is 10. The summed E-state index contributed by atoms with van der Waals surface area (Å²) in [5.74, 6) is -1.36. The highest BCUT2D eigenvalue weighted by molar-refractivity contribution is 5.79. The van der Waals surface area contributed by atoms with Crippen molar-refractivity contribution >= 4 is 18.0 Å². The van der Waals surface area contributed by atoms with Crippen molar-refractivity contribution in [3.63, 3.8) is 0 Å². The molecule has 2 aromatic rings. The van der Waals surface area contributed by atoms with Gasteiger partial charge in [-0.3, -0.25) is 9.59 Å². The molecule has 2 aliphatic carbocycles. The van der Waals surface area contributed by atoms with Crippen LogP contribution in [0.25, 0.3) is 11.1 Å². The topological polar surface area (TPSA) is 105 Å². The molecule has 0 spiro atoms. The molecule has 3 atom stereocenters. The van der Waals surface area contributed by atoms with Crippen molar-refractivity contribution in [3.05, 3.63) is 59.7 Å². The predicted molar refractivity (Wildman–Crippen MR) is 133 cm³/mol. The minimum atomic E-state index is -0.769. The molecule has 0 radical (unpaired) electrons. The molecule has 0 bridgehead atoms. The first-order valence-electron chi connectivity index (χ1n) is 12.5. The third kappa shape index (κ3) is 5.84. The second-order valence-electron chi connectivity index (χ2n) is 9.68. The fourth-order valence-corrected chi connectivity index (χ4v) is 5.39. The van der Waals surface area contributed by atoms with Crippen LogP contribution in [0.5, 0.6) is 0 Å². The fraction of sp³-hybridized carbons (Fsp3) is 0.464. The molecule has 7 nitrogen and oxygen atoms in total. The SMILES string of the molecule is CC(CCCNC(=O)OCC1c2ccccc2-c2ccccc21)C(=O)NC[C@@H]1CCC[C@@H]1C(=O)O. The maximum absolute atomic E-state index is 12.4. The standard InChI is InChI=1S/C28H34N2O5/c1-18(26(31)30-16-19-9-6-14-20(19)27(32)33)8-7-15-29-28(34)35-17-25-23-12-4-2-10-21(23)22-11-3-5-13-24(22)25/h2-5,10-13,18-20,25H,6-9,14-17H2,1H3,(H,29,34)(H,30,31)(H,32,33)/t18?,19-,20-/m0/s1. The normalized spacial score (nSPS) is 19.5. The Kier molecular flexibility index (Phi) is 8.06. The van der Waals surface area contributed by atoms with E-state index in [4.69, 9.17) is 4.74 Å². The van der Waals surface area contributed by atoms with Crippen LogP contribution in [-0.4, -0.2) is 42.8 Å². The Bertz CT molecular complexity index is 1020. The Hall–Kier alpha value is -3.35. The monoisotopic (exact) mass is 478 g/mol. The third-order valence-corrected chi connectivity index (χ3v) is 7.39. The number of alkyl carbamates (subject to hydrolysis) is 1. The molecule has 1 saturated carbocycles. The summed E-state index contributed by atoms with van der Waals surface area (Å²) in [4.78, 5) is 36.0. The van der Waals surface area contributed by atoms with E-state index in [0.717, 1.165) is 12.8 Å². The zero-order valence-corrected chi connectivity index (χ0v) is 20.2. The lowest BCUT2D eigenvalue weighted by Crippen LogP contribution is -2.36. The van der Waals surface area contributed by atoms with Crippen molar-refractivity contribution < 1.29 is 24.2 Å². The largest absolute Gasteiger partial charge is 0.481 e. The molecule has 35 heavy (non-hydrogen) atoms. The maximum Gasteiger partial charge on any atom is 0.407 e. The number of carboxylic acids is 1. The van der Waals surface area contributed by atoms with Crippen molar-refractivity contribution in [1.82, 2.24) is 10.6 Å². The number of carbonyl (C=O) groups excluding carboxylic acids is 2.